The third kappa shape index (κ3) is 4.19. The largest absolute Gasteiger partial charge is 0.481 e. The van der Waals surface area contributed by atoms with E-state index < -0.39 is 43.1 Å². The van der Waals surface area contributed by atoms with Gasteiger partial charge in [0.05, 0.1) is 11.8 Å². The van der Waals surface area contributed by atoms with Crippen LogP contribution in [0.2, 0.25) is 0 Å². The molecule has 1 heterocycles. The van der Waals surface area contributed by atoms with Crippen molar-refractivity contribution in [1.29, 1.82) is 0 Å². The van der Waals surface area contributed by atoms with Crippen molar-refractivity contribution in [1.82, 2.24) is 10.2 Å². The number of amides is 2. The number of carbonyl (C=O) groups is 2. The fraction of sp³-hybridized carbons (Fsp3) is 0.818. The van der Waals surface area contributed by atoms with Gasteiger partial charge in [-0.15, -0.1) is 0 Å². The lowest BCUT2D eigenvalue weighted by molar-refractivity contribution is -0.187. The first-order valence-electron chi connectivity index (χ1n) is 6.00. The SMILES string of the molecule is CSCC(C)NC(=O)N1C[C@@H](C(F)(F)F)[C@H](C(=O)O)C1. The molecule has 0 spiro atoms. The lowest BCUT2D eigenvalue weighted by Gasteiger charge is -2.21. The third-order valence-electron chi connectivity index (χ3n) is 3.13. The predicted octanol–water partition coefficient (Wildman–Crippen LogP) is 1.64. The van der Waals surface area contributed by atoms with Crippen LogP contribution in [-0.4, -0.2) is 59.3 Å². The van der Waals surface area contributed by atoms with Crippen LogP contribution in [0, 0.1) is 11.8 Å². The minimum atomic E-state index is -4.62. The van der Waals surface area contributed by atoms with Crippen LogP contribution < -0.4 is 5.32 Å². The first-order valence-corrected chi connectivity index (χ1v) is 7.40. The van der Waals surface area contributed by atoms with Crippen LogP contribution in [-0.2, 0) is 4.79 Å². The van der Waals surface area contributed by atoms with Crippen molar-refractivity contribution >= 4 is 23.8 Å². The predicted molar refractivity (Wildman–Crippen MR) is 68.6 cm³/mol. The van der Waals surface area contributed by atoms with Gasteiger partial charge < -0.3 is 15.3 Å². The fourth-order valence-corrected chi connectivity index (χ4v) is 2.73. The second-order valence-electron chi connectivity index (χ2n) is 4.80. The average molecular weight is 314 g/mol. The summed E-state index contributed by atoms with van der Waals surface area (Å²) in [4.78, 5) is 23.6. The van der Waals surface area contributed by atoms with Gasteiger partial charge in [-0.05, 0) is 13.2 Å². The van der Waals surface area contributed by atoms with E-state index in [0.29, 0.717) is 5.75 Å². The number of carboxylic acid groups (broad SMARTS) is 1. The van der Waals surface area contributed by atoms with Gasteiger partial charge in [0, 0.05) is 24.9 Å². The maximum Gasteiger partial charge on any atom is 0.394 e. The van der Waals surface area contributed by atoms with E-state index in [1.165, 1.54) is 11.8 Å². The molecule has 1 unspecified atom stereocenters. The number of urea groups is 1. The van der Waals surface area contributed by atoms with Crippen LogP contribution >= 0.6 is 11.8 Å². The Morgan fingerprint density at radius 2 is 2.05 bits per heavy atom. The minimum absolute atomic E-state index is 0.189. The summed E-state index contributed by atoms with van der Waals surface area (Å²) in [5.74, 6) is -4.51. The molecule has 5 nitrogen and oxygen atoms in total. The minimum Gasteiger partial charge on any atom is -0.481 e. The number of carbonyl (C=O) groups excluding carboxylic acids is 1. The molecule has 9 heteroatoms. The van der Waals surface area contributed by atoms with Crippen molar-refractivity contribution in [2.75, 3.05) is 25.1 Å². The van der Waals surface area contributed by atoms with E-state index in [9.17, 15) is 22.8 Å². The van der Waals surface area contributed by atoms with E-state index in [-0.39, 0.29) is 6.04 Å². The Morgan fingerprint density at radius 1 is 1.45 bits per heavy atom. The molecule has 1 fully saturated rings. The first kappa shape index (κ1) is 16.9. The normalized spacial score (nSPS) is 24.6. The van der Waals surface area contributed by atoms with Gasteiger partial charge in [-0.3, -0.25) is 4.79 Å². The van der Waals surface area contributed by atoms with Crippen LogP contribution in [0.25, 0.3) is 0 Å². The van der Waals surface area contributed by atoms with E-state index in [4.69, 9.17) is 5.11 Å². The van der Waals surface area contributed by atoms with Gasteiger partial charge in [-0.25, -0.2) is 4.79 Å². The molecule has 1 aliphatic rings. The molecule has 0 aliphatic carbocycles. The molecule has 1 saturated heterocycles. The molecule has 0 radical (unpaired) electrons. The van der Waals surface area contributed by atoms with Gasteiger partial charge in [-0.2, -0.15) is 24.9 Å². The molecule has 116 valence electrons. The highest BCUT2D eigenvalue weighted by Gasteiger charge is 2.53. The molecule has 20 heavy (non-hydrogen) atoms. The summed E-state index contributed by atoms with van der Waals surface area (Å²) in [5.41, 5.74) is 0. The quantitative estimate of drug-likeness (QED) is 0.828. The second kappa shape index (κ2) is 6.55. The standard InChI is InChI=1S/C11H17F3N2O3S/c1-6(5-20-2)15-10(19)16-3-7(9(17)18)8(4-16)11(12,13)14/h6-8H,3-5H2,1-2H3,(H,15,19)(H,17,18)/t6?,7-,8-/m1/s1. The summed E-state index contributed by atoms with van der Waals surface area (Å²) < 4.78 is 38.3. The number of likely N-dealkylation sites (tertiary alicyclic amines) is 1. The summed E-state index contributed by atoms with van der Waals surface area (Å²) in [7, 11) is 0. The molecule has 2 N–H and O–H groups in total. The van der Waals surface area contributed by atoms with Gasteiger partial charge >= 0.3 is 18.2 Å². The Kier molecular flexibility index (Phi) is 5.55. The number of aliphatic carboxylic acids is 1. The molecule has 1 rings (SSSR count). The molecule has 0 aromatic rings. The van der Waals surface area contributed by atoms with Gasteiger partial charge in [0.2, 0.25) is 0 Å². The lowest BCUT2D eigenvalue weighted by Crippen LogP contribution is -2.44. The molecule has 0 aromatic carbocycles. The summed E-state index contributed by atoms with van der Waals surface area (Å²) in [5, 5.41) is 11.4. The third-order valence-corrected chi connectivity index (χ3v) is 3.96. The zero-order valence-electron chi connectivity index (χ0n) is 11.1. The Balaban J connectivity index is 2.70. The summed E-state index contributed by atoms with van der Waals surface area (Å²) in [6, 6.07) is -0.838. The zero-order chi connectivity index (χ0) is 15.5. The van der Waals surface area contributed by atoms with E-state index in [2.05, 4.69) is 5.32 Å². The molecular weight excluding hydrogens is 297 g/mol. The number of alkyl halides is 3. The molecule has 0 aromatic heterocycles. The number of nitrogens with zero attached hydrogens (tertiary/aromatic N) is 1. The van der Waals surface area contributed by atoms with Crippen molar-refractivity contribution in [2.24, 2.45) is 11.8 Å². The maximum atomic E-state index is 12.8. The Labute approximate surface area is 118 Å². The van der Waals surface area contributed by atoms with E-state index >= 15 is 0 Å². The average Bonchev–Trinajstić information content (AvgIpc) is 2.73. The highest BCUT2D eigenvalue weighted by molar-refractivity contribution is 7.98. The molecular formula is C11H17F3N2O3S. The van der Waals surface area contributed by atoms with Crippen molar-refractivity contribution in [3.8, 4) is 0 Å². The highest BCUT2D eigenvalue weighted by Crippen LogP contribution is 2.37. The molecule has 3 atom stereocenters. The van der Waals surface area contributed by atoms with Crippen LogP contribution in [0.3, 0.4) is 0 Å². The number of nitrogens with one attached hydrogen (secondary N) is 1. The highest BCUT2D eigenvalue weighted by atomic mass is 32.2. The fourth-order valence-electron chi connectivity index (χ4n) is 2.15. The van der Waals surface area contributed by atoms with Crippen molar-refractivity contribution in [3.05, 3.63) is 0 Å². The topological polar surface area (TPSA) is 69.6 Å². The van der Waals surface area contributed by atoms with Crippen LogP contribution in [0.15, 0.2) is 0 Å². The number of hydrogen-bond acceptors (Lipinski definition) is 3. The van der Waals surface area contributed by atoms with Crippen LogP contribution in [0.5, 0.6) is 0 Å². The van der Waals surface area contributed by atoms with E-state index in [1.807, 2.05) is 6.26 Å². The van der Waals surface area contributed by atoms with Gasteiger partial charge in [0.15, 0.2) is 0 Å². The second-order valence-corrected chi connectivity index (χ2v) is 5.71. The smallest absolute Gasteiger partial charge is 0.394 e. The number of rotatable bonds is 4. The monoisotopic (exact) mass is 314 g/mol. The Bertz CT molecular complexity index is 378. The van der Waals surface area contributed by atoms with Crippen LogP contribution in [0.1, 0.15) is 6.92 Å². The number of halogens is 3. The number of thioether (sulfide) groups is 1. The van der Waals surface area contributed by atoms with E-state index in [0.717, 1.165) is 4.90 Å². The summed E-state index contributed by atoms with van der Waals surface area (Å²) in [6.45, 7) is 0.704. The number of hydrogen-bond donors (Lipinski definition) is 2. The molecule has 2 amide bonds. The maximum absolute atomic E-state index is 12.8. The molecule has 0 bridgehead atoms. The van der Waals surface area contributed by atoms with Gasteiger partial charge in [0.1, 0.15) is 0 Å². The van der Waals surface area contributed by atoms with Crippen molar-refractivity contribution in [3.63, 3.8) is 0 Å². The Morgan fingerprint density at radius 3 is 2.45 bits per heavy atom. The van der Waals surface area contributed by atoms with E-state index in [1.54, 1.807) is 6.92 Å². The van der Waals surface area contributed by atoms with Crippen molar-refractivity contribution < 1.29 is 27.9 Å². The first-order chi connectivity index (χ1) is 9.16. The zero-order valence-corrected chi connectivity index (χ0v) is 11.9. The number of carboxylic acids is 1. The van der Waals surface area contributed by atoms with Gasteiger partial charge in [-0.1, -0.05) is 0 Å². The lowest BCUT2D eigenvalue weighted by atomic mass is 9.96. The van der Waals surface area contributed by atoms with Crippen LogP contribution in [0.4, 0.5) is 18.0 Å². The molecule has 1 aliphatic heterocycles. The van der Waals surface area contributed by atoms with Crippen molar-refractivity contribution in [2.45, 2.75) is 19.1 Å². The van der Waals surface area contributed by atoms with Gasteiger partial charge in [0.25, 0.3) is 0 Å². The summed E-state index contributed by atoms with van der Waals surface area (Å²) >= 11 is 1.50. The Hall–Kier alpha value is -1.12. The molecule has 0 saturated carbocycles. The summed E-state index contributed by atoms with van der Waals surface area (Å²) in [6.07, 6.45) is -2.78.